The van der Waals surface area contributed by atoms with Crippen LogP contribution >= 0.6 is 0 Å². The van der Waals surface area contributed by atoms with Gasteiger partial charge in [-0.2, -0.15) is 0 Å². The first-order valence-electron chi connectivity index (χ1n) is 8.12. The van der Waals surface area contributed by atoms with Gasteiger partial charge in [0.1, 0.15) is 11.5 Å². The zero-order valence-corrected chi connectivity index (χ0v) is 13.4. The first kappa shape index (κ1) is 15.3. The van der Waals surface area contributed by atoms with Gasteiger partial charge in [0, 0.05) is 6.42 Å². The van der Waals surface area contributed by atoms with Gasteiger partial charge < -0.3 is 9.84 Å². The number of aryl methyl sites for hydroxylation is 1. The Balaban J connectivity index is 1.86. The summed E-state index contributed by atoms with van der Waals surface area (Å²) in [6.07, 6.45) is 6.66. The first-order valence-corrected chi connectivity index (χ1v) is 8.12. The van der Waals surface area contributed by atoms with Crippen LogP contribution in [0.15, 0.2) is 24.3 Å². The number of fused-ring (bicyclic) bond motifs is 1. The number of aliphatic hydroxyl groups excluding tert-OH is 1. The number of allylic oxidation sites excluding steroid dienone is 2. The molecule has 3 heteroatoms. The molecule has 2 aliphatic carbocycles. The Morgan fingerprint density at radius 2 is 2.18 bits per heavy atom. The standard InChI is InChI=1S/C19H24O3/c1-19(17(20)8-9-18(19)21)11-10-13-4-3-5-14-12-15(22-2)6-7-16(13)14/h6-7,10,12,17,20H,3-5,8-9,11H2,1-2H3/b13-10-/t17-,19+/m0/s1. The van der Waals surface area contributed by atoms with Crippen molar-refractivity contribution in [1.29, 1.82) is 0 Å². The normalized spacial score (nSPS) is 29.7. The van der Waals surface area contributed by atoms with Crippen molar-refractivity contribution in [3.8, 4) is 5.75 Å². The zero-order valence-electron chi connectivity index (χ0n) is 13.4. The number of methoxy groups -OCH3 is 1. The van der Waals surface area contributed by atoms with Crippen LogP contribution < -0.4 is 4.74 Å². The maximum atomic E-state index is 12.1. The maximum Gasteiger partial charge on any atom is 0.141 e. The highest BCUT2D eigenvalue weighted by Crippen LogP contribution is 2.40. The minimum absolute atomic E-state index is 0.197. The van der Waals surface area contributed by atoms with E-state index in [1.807, 2.05) is 13.0 Å². The van der Waals surface area contributed by atoms with Gasteiger partial charge in [-0.3, -0.25) is 4.79 Å². The van der Waals surface area contributed by atoms with Crippen LogP contribution in [0.2, 0.25) is 0 Å². The molecule has 1 saturated carbocycles. The second-order valence-electron chi connectivity index (χ2n) is 6.71. The molecule has 0 spiro atoms. The van der Waals surface area contributed by atoms with Crippen molar-refractivity contribution in [2.75, 3.05) is 7.11 Å². The fourth-order valence-corrected chi connectivity index (χ4v) is 3.68. The number of carbonyl (C=O) groups excluding carboxylic acids is 1. The Bertz CT molecular complexity index is 617. The Kier molecular flexibility index (Phi) is 4.09. The van der Waals surface area contributed by atoms with E-state index in [2.05, 4.69) is 18.2 Å². The van der Waals surface area contributed by atoms with Gasteiger partial charge in [0.25, 0.3) is 0 Å². The highest BCUT2D eigenvalue weighted by Gasteiger charge is 2.44. The van der Waals surface area contributed by atoms with E-state index in [0.717, 1.165) is 25.0 Å². The second-order valence-corrected chi connectivity index (χ2v) is 6.71. The van der Waals surface area contributed by atoms with Crippen LogP contribution in [0.1, 0.15) is 50.2 Å². The molecule has 22 heavy (non-hydrogen) atoms. The van der Waals surface area contributed by atoms with Crippen LogP contribution in [-0.2, 0) is 11.2 Å². The van der Waals surface area contributed by atoms with Crippen LogP contribution in [0, 0.1) is 5.41 Å². The summed E-state index contributed by atoms with van der Waals surface area (Å²) < 4.78 is 5.30. The van der Waals surface area contributed by atoms with Crippen molar-refractivity contribution in [2.24, 2.45) is 5.41 Å². The van der Waals surface area contributed by atoms with Gasteiger partial charge >= 0.3 is 0 Å². The van der Waals surface area contributed by atoms with Crippen molar-refractivity contribution in [3.63, 3.8) is 0 Å². The summed E-state index contributed by atoms with van der Waals surface area (Å²) in [5.74, 6) is 1.09. The van der Waals surface area contributed by atoms with E-state index in [-0.39, 0.29) is 5.78 Å². The monoisotopic (exact) mass is 300 g/mol. The fourth-order valence-electron chi connectivity index (χ4n) is 3.68. The molecule has 0 heterocycles. The third-order valence-electron chi connectivity index (χ3n) is 5.34. The molecule has 118 valence electrons. The minimum atomic E-state index is -0.600. The Morgan fingerprint density at radius 3 is 2.86 bits per heavy atom. The summed E-state index contributed by atoms with van der Waals surface area (Å²) in [4.78, 5) is 12.1. The molecule has 0 saturated heterocycles. The molecule has 0 unspecified atom stereocenters. The lowest BCUT2D eigenvalue weighted by Crippen LogP contribution is -2.32. The largest absolute Gasteiger partial charge is 0.497 e. The van der Waals surface area contributed by atoms with Gasteiger partial charge in [0.15, 0.2) is 0 Å². The van der Waals surface area contributed by atoms with Gasteiger partial charge in [-0.1, -0.05) is 12.1 Å². The molecule has 1 N–H and O–H groups in total. The molecule has 2 atom stereocenters. The predicted molar refractivity (Wildman–Crippen MR) is 86.9 cm³/mol. The number of hydrogen-bond acceptors (Lipinski definition) is 3. The molecule has 0 amide bonds. The molecule has 1 aromatic carbocycles. The van der Waals surface area contributed by atoms with Gasteiger partial charge in [0.05, 0.1) is 18.6 Å². The molecule has 0 radical (unpaired) electrons. The zero-order chi connectivity index (χ0) is 15.7. The number of aliphatic hydroxyl groups is 1. The summed E-state index contributed by atoms with van der Waals surface area (Å²) in [6, 6.07) is 6.23. The van der Waals surface area contributed by atoms with E-state index in [4.69, 9.17) is 4.74 Å². The van der Waals surface area contributed by atoms with Crippen molar-refractivity contribution in [2.45, 2.75) is 51.6 Å². The maximum absolute atomic E-state index is 12.1. The van der Waals surface area contributed by atoms with E-state index in [1.54, 1.807) is 7.11 Å². The average Bonchev–Trinajstić information content (AvgIpc) is 2.80. The summed E-state index contributed by atoms with van der Waals surface area (Å²) in [5.41, 5.74) is 3.30. The number of Topliss-reactive ketones (excluding diaryl/α,β-unsaturated/α-hetero) is 1. The molecule has 1 aromatic rings. The van der Waals surface area contributed by atoms with Crippen LogP contribution in [0.3, 0.4) is 0 Å². The van der Waals surface area contributed by atoms with Gasteiger partial charge in [-0.15, -0.1) is 0 Å². The number of benzene rings is 1. The Labute approximate surface area is 132 Å². The lowest BCUT2D eigenvalue weighted by Gasteiger charge is -2.26. The summed E-state index contributed by atoms with van der Waals surface area (Å²) >= 11 is 0. The minimum Gasteiger partial charge on any atom is -0.497 e. The number of rotatable bonds is 3. The van der Waals surface area contributed by atoms with Gasteiger partial charge in [-0.25, -0.2) is 0 Å². The molecule has 3 rings (SSSR count). The summed E-state index contributed by atoms with van der Waals surface area (Å²) in [6.45, 7) is 1.90. The van der Waals surface area contributed by atoms with Crippen molar-refractivity contribution in [1.82, 2.24) is 0 Å². The van der Waals surface area contributed by atoms with E-state index in [0.29, 0.717) is 19.3 Å². The van der Waals surface area contributed by atoms with Crippen molar-refractivity contribution < 1.29 is 14.6 Å². The lowest BCUT2D eigenvalue weighted by molar-refractivity contribution is -0.127. The van der Waals surface area contributed by atoms with Crippen molar-refractivity contribution in [3.05, 3.63) is 35.4 Å². The van der Waals surface area contributed by atoms with E-state index in [1.165, 1.54) is 16.7 Å². The van der Waals surface area contributed by atoms with Crippen LogP contribution in [-0.4, -0.2) is 24.1 Å². The first-order chi connectivity index (χ1) is 10.5. The highest BCUT2D eigenvalue weighted by molar-refractivity contribution is 5.88. The van der Waals surface area contributed by atoms with E-state index >= 15 is 0 Å². The van der Waals surface area contributed by atoms with E-state index < -0.39 is 11.5 Å². The SMILES string of the molecule is COc1ccc2c(c1)CCC/C2=C/C[C@@]1(C)C(=O)CC[C@@H]1O. The third kappa shape index (κ3) is 2.58. The molecular weight excluding hydrogens is 276 g/mol. The van der Waals surface area contributed by atoms with Crippen LogP contribution in [0.25, 0.3) is 5.57 Å². The molecular formula is C19H24O3. The number of ketones is 1. The Hall–Kier alpha value is -1.61. The highest BCUT2D eigenvalue weighted by atomic mass is 16.5. The molecule has 1 fully saturated rings. The quantitative estimate of drug-likeness (QED) is 0.929. The second kappa shape index (κ2) is 5.88. The molecule has 2 aliphatic rings. The molecule has 0 aliphatic heterocycles. The number of carbonyl (C=O) groups is 1. The molecule has 0 aromatic heterocycles. The number of hydrogen-bond donors (Lipinski definition) is 1. The summed E-state index contributed by atoms with van der Waals surface area (Å²) in [7, 11) is 1.69. The van der Waals surface area contributed by atoms with Gasteiger partial charge in [-0.05, 0) is 67.9 Å². The van der Waals surface area contributed by atoms with Crippen LogP contribution in [0.4, 0.5) is 0 Å². The molecule has 0 bridgehead atoms. The average molecular weight is 300 g/mol. The summed E-state index contributed by atoms with van der Waals surface area (Å²) in [5, 5.41) is 10.1. The van der Waals surface area contributed by atoms with Gasteiger partial charge in [0.2, 0.25) is 0 Å². The third-order valence-corrected chi connectivity index (χ3v) is 5.34. The lowest BCUT2D eigenvalue weighted by atomic mass is 9.79. The van der Waals surface area contributed by atoms with Crippen molar-refractivity contribution >= 4 is 11.4 Å². The number of ether oxygens (including phenoxy) is 1. The fraction of sp³-hybridized carbons (Fsp3) is 0.526. The smallest absolute Gasteiger partial charge is 0.141 e. The predicted octanol–water partition coefficient (Wildman–Crippen LogP) is 3.54. The van der Waals surface area contributed by atoms with Crippen LogP contribution in [0.5, 0.6) is 5.75 Å². The topological polar surface area (TPSA) is 46.5 Å². The Morgan fingerprint density at radius 1 is 1.36 bits per heavy atom. The van der Waals surface area contributed by atoms with E-state index in [9.17, 15) is 9.90 Å². The molecule has 3 nitrogen and oxygen atoms in total.